The van der Waals surface area contributed by atoms with Crippen LogP contribution in [0.2, 0.25) is 0 Å². The molecule has 1 aliphatic carbocycles. The highest BCUT2D eigenvalue weighted by Gasteiger charge is 2.37. The van der Waals surface area contributed by atoms with Crippen LogP contribution in [0, 0.1) is 37.0 Å². The largest absolute Gasteiger partial charge is 0.477 e. The summed E-state index contributed by atoms with van der Waals surface area (Å²) < 4.78 is 9.99. The highest BCUT2D eigenvalue weighted by molar-refractivity contribution is 8.00. The van der Waals surface area contributed by atoms with Gasteiger partial charge in [-0.15, -0.1) is 0 Å². The molecule has 1 amide bonds. The number of anilines is 1. The van der Waals surface area contributed by atoms with Crippen molar-refractivity contribution in [1.82, 2.24) is 14.9 Å². The van der Waals surface area contributed by atoms with Gasteiger partial charge in [0, 0.05) is 42.5 Å². The molecule has 1 saturated carbocycles. The van der Waals surface area contributed by atoms with E-state index in [4.69, 9.17) is 14.7 Å². The molecule has 4 bridgehead atoms. The van der Waals surface area contributed by atoms with E-state index in [1.54, 1.807) is 16.8 Å². The van der Waals surface area contributed by atoms with Gasteiger partial charge in [-0.1, -0.05) is 51.1 Å². The summed E-state index contributed by atoms with van der Waals surface area (Å²) >= 11 is 1.55. The van der Waals surface area contributed by atoms with Gasteiger partial charge < -0.3 is 9.64 Å². The van der Waals surface area contributed by atoms with Gasteiger partial charge in [0.15, 0.2) is 0 Å². The zero-order valence-electron chi connectivity index (χ0n) is 26.2. The number of amides is 1. The second-order valence-corrected chi connectivity index (χ2v) is 14.6. The maximum Gasteiger partial charge on any atom is 0.237 e. The van der Waals surface area contributed by atoms with Crippen molar-refractivity contribution in [1.29, 1.82) is 0 Å². The number of carbonyl (C=O) groups excluding carboxylic acids is 1. The van der Waals surface area contributed by atoms with Crippen molar-refractivity contribution in [2.75, 3.05) is 25.4 Å². The number of benzene rings is 2. The SMILES string of the molecule is Cc1cccc(C)c1-c1cc2nc(n1)NSc1cccc(c1)C(CCC1CC(C(=O)N(C)C)C1)C(CC(C)(C)C)CO2. The van der Waals surface area contributed by atoms with Crippen LogP contribution in [0.25, 0.3) is 11.3 Å². The summed E-state index contributed by atoms with van der Waals surface area (Å²) in [4.78, 5) is 25.0. The molecule has 7 heteroatoms. The van der Waals surface area contributed by atoms with Gasteiger partial charge in [-0.25, -0.2) is 4.98 Å². The molecule has 1 aromatic heterocycles. The molecule has 3 aromatic rings. The summed E-state index contributed by atoms with van der Waals surface area (Å²) in [6, 6.07) is 17.3. The van der Waals surface area contributed by atoms with Crippen molar-refractivity contribution >= 4 is 23.8 Å². The summed E-state index contributed by atoms with van der Waals surface area (Å²) in [6.07, 6.45) is 5.28. The van der Waals surface area contributed by atoms with E-state index >= 15 is 0 Å². The Hall–Kier alpha value is -3.06. The molecule has 5 rings (SSSR count). The second-order valence-electron chi connectivity index (χ2n) is 13.7. The quantitative estimate of drug-likeness (QED) is 0.293. The van der Waals surface area contributed by atoms with Gasteiger partial charge in [-0.3, -0.25) is 9.52 Å². The standard InChI is InChI=1S/C35H46N4O2S/c1-22-10-8-11-23(2)32(22)30-19-31-37-34(36-30)38-42-28-13-9-12-25(18-28)29(27(21-41-31)20-35(3,4)5)15-14-24-16-26(17-24)33(40)39(6)7/h8-13,18-19,24,26-27,29H,14-17,20-21H2,1-7H3,(H,36,37,38). The molecule has 0 saturated heterocycles. The van der Waals surface area contributed by atoms with Crippen LogP contribution in [-0.4, -0.2) is 41.5 Å². The highest BCUT2D eigenvalue weighted by Crippen LogP contribution is 2.44. The molecular weight excluding hydrogens is 540 g/mol. The minimum Gasteiger partial charge on any atom is -0.477 e. The number of hydrogen-bond donors (Lipinski definition) is 1. The zero-order chi connectivity index (χ0) is 30.0. The van der Waals surface area contributed by atoms with E-state index < -0.39 is 0 Å². The lowest BCUT2D eigenvalue weighted by atomic mass is 9.69. The predicted octanol–water partition coefficient (Wildman–Crippen LogP) is 8.30. The molecule has 2 heterocycles. The Balaban J connectivity index is 1.45. The van der Waals surface area contributed by atoms with Gasteiger partial charge in [0.05, 0.1) is 12.3 Å². The topological polar surface area (TPSA) is 67.4 Å². The number of hydrogen-bond acceptors (Lipinski definition) is 6. The third kappa shape index (κ3) is 7.28. The Labute approximate surface area is 256 Å². The van der Waals surface area contributed by atoms with Crippen molar-refractivity contribution in [2.24, 2.45) is 23.2 Å². The molecule has 2 aromatic carbocycles. The summed E-state index contributed by atoms with van der Waals surface area (Å²) in [5.74, 6) is 2.91. The molecule has 2 atom stereocenters. The number of ether oxygens (including phenoxy) is 1. The number of fused-ring (bicyclic) bond motifs is 4. The fourth-order valence-corrected chi connectivity index (χ4v) is 7.37. The lowest BCUT2D eigenvalue weighted by molar-refractivity contribution is -0.137. The monoisotopic (exact) mass is 586 g/mol. The Bertz CT molecular complexity index is 1390. The van der Waals surface area contributed by atoms with Gasteiger partial charge in [-0.05, 0) is 104 Å². The van der Waals surface area contributed by atoms with E-state index in [0.29, 0.717) is 36.2 Å². The van der Waals surface area contributed by atoms with Crippen LogP contribution >= 0.6 is 11.9 Å². The normalized spacial score (nSPS) is 22.1. The maximum atomic E-state index is 12.4. The average Bonchev–Trinajstić information content (AvgIpc) is 2.90. The molecule has 0 spiro atoms. The molecule has 0 radical (unpaired) electrons. The fraction of sp³-hybridized carbons (Fsp3) is 0.514. The van der Waals surface area contributed by atoms with Crippen molar-refractivity contribution in [3.8, 4) is 17.1 Å². The maximum absolute atomic E-state index is 12.4. The lowest BCUT2D eigenvalue weighted by Gasteiger charge is -2.38. The van der Waals surface area contributed by atoms with Crippen LogP contribution in [0.1, 0.15) is 75.5 Å². The van der Waals surface area contributed by atoms with Crippen LogP contribution in [0.3, 0.4) is 0 Å². The number of carbonyl (C=O) groups is 1. The number of rotatable bonds is 6. The third-order valence-electron chi connectivity index (χ3n) is 8.79. The molecule has 42 heavy (non-hydrogen) atoms. The molecule has 1 aliphatic heterocycles. The molecular formula is C35H46N4O2S. The van der Waals surface area contributed by atoms with Crippen LogP contribution in [0.4, 0.5) is 5.95 Å². The van der Waals surface area contributed by atoms with E-state index in [9.17, 15) is 4.79 Å². The first-order chi connectivity index (χ1) is 20.0. The number of aromatic nitrogens is 2. The summed E-state index contributed by atoms with van der Waals surface area (Å²) in [5, 5.41) is 0. The summed E-state index contributed by atoms with van der Waals surface area (Å²) in [6.45, 7) is 11.8. The molecule has 1 N–H and O–H groups in total. The van der Waals surface area contributed by atoms with Crippen LogP contribution in [-0.2, 0) is 4.79 Å². The van der Waals surface area contributed by atoms with Gasteiger partial charge >= 0.3 is 0 Å². The first kappa shape index (κ1) is 30.4. The van der Waals surface area contributed by atoms with Crippen molar-refractivity contribution in [3.05, 3.63) is 65.2 Å². The van der Waals surface area contributed by atoms with Gasteiger partial charge in [0.25, 0.3) is 0 Å². The number of aryl methyl sites for hydroxylation is 2. The van der Waals surface area contributed by atoms with Gasteiger partial charge in [0.1, 0.15) is 0 Å². The van der Waals surface area contributed by atoms with Crippen LogP contribution in [0.5, 0.6) is 5.88 Å². The van der Waals surface area contributed by atoms with E-state index in [2.05, 4.69) is 81.8 Å². The van der Waals surface area contributed by atoms with E-state index in [0.717, 1.165) is 48.3 Å². The Kier molecular flexibility index (Phi) is 9.17. The molecule has 2 aliphatic rings. The van der Waals surface area contributed by atoms with E-state index in [-0.39, 0.29) is 17.2 Å². The average molecular weight is 587 g/mol. The van der Waals surface area contributed by atoms with Crippen LogP contribution < -0.4 is 9.46 Å². The first-order valence-corrected chi connectivity index (χ1v) is 16.1. The second kappa shape index (κ2) is 12.7. The molecule has 1 fully saturated rings. The smallest absolute Gasteiger partial charge is 0.237 e. The van der Waals surface area contributed by atoms with Crippen molar-refractivity contribution < 1.29 is 9.53 Å². The Morgan fingerprint density at radius 3 is 2.43 bits per heavy atom. The molecule has 224 valence electrons. The first-order valence-electron chi connectivity index (χ1n) is 15.3. The Morgan fingerprint density at radius 1 is 1.02 bits per heavy atom. The minimum absolute atomic E-state index is 0.150. The third-order valence-corrected chi connectivity index (χ3v) is 9.56. The minimum atomic E-state index is 0.150. The van der Waals surface area contributed by atoms with Gasteiger partial charge in [-0.2, -0.15) is 4.98 Å². The number of nitrogens with one attached hydrogen (secondary N) is 1. The highest BCUT2D eigenvalue weighted by atomic mass is 32.2. The van der Waals surface area contributed by atoms with E-state index in [1.807, 2.05) is 20.2 Å². The van der Waals surface area contributed by atoms with E-state index in [1.165, 1.54) is 16.7 Å². The molecule has 6 nitrogen and oxygen atoms in total. The Morgan fingerprint density at radius 2 is 1.74 bits per heavy atom. The van der Waals surface area contributed by atoms with Crippen LogP contribution in [0.15, 0.2) is 53.4 Å². The lowest BCUT2D eigenvalue weighted by Crippen LogP contribution is -2.38. The number of nitrogens with zero attached hydrogens (tertiary/aromatic N) is 3. The fourth-order valence-electron chi connectivity index (χ4n) is 6.73. The summed E-state index contributed by atoms with van der Waals surface area (Å²) in [7, 11) is 3.73. The molecule has 2 unspecified atom stereocenters. The summed E-state index contributed by atoms with van der Waals surface area (Å²) in [5.41, 5.74) is 5.88. The van der Waals surface area contributed by atoms with Gasteiger partial charge in [0.2, 0.25) is 17.7 Å². The predicted molar refractivity (Wildman–Crippen MR) is 173 cm³/mol. The van der Waals surface area contributed by atoms with Crippen molar-refractivity contribution in [3.63, 3.8) is 0 Å². The van der Waals surface area contributed by atoms with Crippen molar-refractivity contribution in [2.45, 2.75) is 77.5 Å². The zero-order valence-corrected chi connectivity index (χ0v) is 27.1.